The molecule has 1 amide bonds. The van der Waals surface area contributed by atoms with E-state index in [2.05, 4.69) is 10.1 Å². The minimum atomic E-state index is -5.19. The number of alkyl halides is 6. The maximum Gasteiger partial charge on any atom is 0.431 e. The predicted octanol–water partition coefficient (Wildman–Crippen LogP) is 5.89. The lowest BCUT2D eigenvalue weighted by Crippen LogP contribution is -2.43. The first kappa shape index (κ1) is 29.7. The number of likely N-dealkylation sites (tertiary alicyclic amines) is 1. The van der Waals surface area contributed by atoms with Crippen molar-refractivity contribution in [3.05, 3.63) is 85.2 Å². The standard InChI is InChI=1S/C26H20F8N4O3S/c27-15-2-1-3-16(28)22(15)19-10-17(36-41-19)18-12-42-23(35-18)13-6-8-37(9-7-13)21(39)11-38-20(26(32,33)34)5-4-14(24(38)40)25(29,30)31/h1-5,12-13,19H,6-11H2. The number of pyridine rings is 1. The highest BCUT2D eigenvalue weighted by atomic mass is 32.1. The van der Waals surface area contributed by atoms with Gasteiger partial charge in [0.05, 0.1) is 16.3 Å². The zero-order chi connectivity index (χ0) is 30.4. The Labute approximate surface area is 236 Å². The second kappa shape index (κ2) is 11.1. The van der Waals surface area contributed by atoms with Gasteiger partial charge >= 0.3 is 12.4 Å². The van der Waals surface area contributed by atoms with Gasteiger partial charge in [-0.2, -0.15) is 26.3 Å². The highest BCUT2D eigenvalue weighted by Crippen LogP contribution is 2.36. The Morgan fingerprint density at radius 2 is 1.67 bits per heavy atom. The topological polar surface area (TPSA) is 76.8 Å². The van der Waals surface area contributed by atoms with Crippen molar-refractivity contribution < 1.29 is 44.8 Å². The van der Waals surface area contributed by atoms with E-state index in [0.717, 1.165) is 12.1 Å². The number of nitrogens with zero attached hydrogens (tertiary/aromatic N) is 4. The number of halogens is 8. The van der Waals surface area contributed by atoms with Gasteiger partial charge in [0, 0.05) is 30.8 Å². The summed E-state index contributed by atoms with van der Waals surface area (Å²) in [4.78, 5) is 36.1. The average Bonchev–Trinajstić information content (AvgIpc) is 3.59. The SMILES string of the molecule is O=C(Cn1c(C(F)(F)F)ccc(C(F)(F)F)c1=O)N1CCC(c2nc(C3=NOC(c4c(F)cccc4F)C3)cs2)CC1. The van der Waals surface area contributed by atoms with E-state index in [1.807, 2.05) is 0 Å². The summed E-state index contributed by atoms with van der Waals surface area (Å²) in [6.07, 6.45) is -10.5. The highest BCUT2D eigenvalue weighted by molar-refractivity contribution is 7.10. The highest BCUT2D eigenvalue weighted by Gasteiger charge is 2.40. The van der Waals surface area contributed by atoms with Gasteiger partial charge in [-0.3, -0.25) is 14.2 Å². The third-order valence-corrected chi connectivity index (χ3v) is 8.08. The molecule has 0 aliphatic carbocycles. The van der Waals surface area contributed by atoms with E-state index in [4.69, 9.17) is 4.84 Å². The molecule has 0 bridgehead atoms. The molecular formula is C26H20F8N4O3S. The summed E-state index contributed by atoms with van der Waals surface area (Å²) in [6.45, 7) is -1.05. The van der Waals surface area contributed by atoms with E-state index in [0.29, 0.717) is 29.3 Å². The molecule has 3 aromatic rings. The van der Waals surface area contributed by atoms with E-state index < -0.39 is 59.4 Å². The van der Waals surface area contributed by atoms with Crippen molar-refractivity contribution in [3.63, 3.8) is 0 Å². The molecule has 2 aromatic heterocycles. The smallest absolute Gasteiger partial charge is 0.387 e. The van der Waals surface area contributed by atoms with Crippen LogP contribution in [0, 0.1) is 11.6 Å². The molecule has 1 unspecified atom stereocenters. The molecule has 16 heteroatoms. The fraction of sp³-hybridized carbons (Fsp3) is 0.385. The molecule has 5 rings (SSSR count). The third-order valence-electron chi connectivity index (χ3n) is 7.07. The summed E-state index contributed by atoms with van der Waals surface area (Å²) in [5.41, 5.74) is -4.80. The minimum absolute atomic E-state index is 0.0571. The summed E-state index contributed by atoms with van der Waals surface area (Å²) >= 11 is 1.29. The van der Waals surface area contributed by atoms with Crippen molar-refractivity contribution in [2.45, 2.75) is 50.2 Å². The maximum atomic E-state index is 14.1. The molecular weight excluding hydrogens is 600 g/mol. The Balaban J connectivity index is 1.23. The van der Waals surface area contributed by atoms with Crippen molar-refractivity contribution in [1.82, 2.24) is 14.5 Å². The second-order valence-electron chi connectivity index (χ2n) is 9.72. The van der Waals surface area contributed by atoms with Crippen LogP contribution in [0.3, 0.4) is 0 Å². The third kappa shape index (κ3) is 5.89. The Hall–Kier alpha value is -3.82. The van der Waals surface area contributed by atoms with E-state index >= 15 is 0 Å². The van der Waals surface area contributed by atoms with E-state index in [9.17, 15) is 44.7 Å². The summed E-state index contributed by atoms with van der Waals surface area (Å²) in [6, 6.07) is 3.66. The molecule has 4 heterocycles. The van der Waals surface area contributed by atoms with Gasteiger partial charge in [0.1, 0.15) is 35.1 Å². The molecule has 1 fully saturated rings. The van der Waals surface area contributed by atoms with Crippen LogP contribution in [0.1, 0.15) is 58.8 Å². The molecule has 1 saturated heterocycles. The van der Waals surface area contributed by atoms with Crippen LogP contribution in [-0.2, 0) is 28.5 Å². The summed E-state index contributed by atoms with van der Waals surface area (Å²) in [5.74, 6) is -2.59. The lowest BCUT2D eigenvalue weighted by Gasteiger charge is -2.31. The van der Waals surface area contributed by atoms with Crippen molar-refractivity contribution in [1.29, 1.82) is 0 Å². The van der Waals surface area contributed by atoms with Gasteiger partial charge < -0.3 is 9.74 Å². The normalized spacial score (nSPS) is 18.2. The van der Waals surface area contributed by atoms with Crippen LogP contribution in [0.15, 0.2) is 45.7 Å². The first-order valence-corrected chi connectivity index (χ1v) is 13.4. The Morgan fingerprint density at radius 3 is 2.29 bits per heavy atom. The number of hydrogen-bond acceptors (Lipinski definition) is 6. The van der Waals surface area contributed by atoms with E-state index in [-0.39, 0.29) is 47.7 Å². The lowest BCUT2D eigenvalue weighted by molar-refractivity contribution is -0.149. The molecule has 2 aliphatic heterocycles. The van der Waals surface area contributed by atoms with E-state index in [1.165, 1.54) is 22.3 Å². The first-order chi connectivity index (χ1) is 19.7. The number of thiazole rings is 1. The fourth-order valence-electron chi connectivity index (χ4n) is 4.92. The van der Waals surface area contributed by atoms with Crippen LogP contribution in [-0.4, -0.2) is 39.2 Å². The number of piperidine rings is 1. The second-order valence-corrected chi connectivity index (χ2v) is 10.6. The van der Waals surface area contributed by atoms with Gasteiger partial charge in [-0.25, -0.2) is 13.8 Å². The zero-order valence-electron chi connectivity index (χ0n) is 21.3. The molecule has 0 spiro atoms. The summed E-state index contributed by atoms with van der Waals surface area (Å²) in [5, 5.41) is 6.31. The number of benzene rings is 1. The number of hydrogen-bond donors (Lipinski definition) is 0. The maximum absolute atomic E-state index is 14.1. The molecule has 1 atom stereocenters. The molecule has 0 N–H and O–H groups in total. The van der Waals surface area contributed by atoms with Crippen molar-refractivity contribution >= 4 is 23.0 Å². The number of carbonyl (C=O) groups is 1. The van der Waals surface area contributed by atoms with Gasteiger partial charge in [0.25, 0.3) is 5.56 Å². The predicted molar refractivity (Wildman–Crippen MR) is 133 cm³/mol. The molecule has 7 nitrogen and oxygen atoms in total. The first-order valence-electron chi connectivity index (χ1n) is 12.5. The molecule has 0 saturated carbocycles. The van der Waals surface area contributed by atoms with Crippen LogP contribution >= 0.6 is 11.3 Å². The van der Waals surface area contributed by atoms with Gasteiger partial charge in [0.15, 0.2) is 6.10 Å². The lowest BCUT2D eigenvalue weighted by atomic mass is 9.97. The fourth-order valence-corrected chi connectivity index (χ4v) is 5.92. The van der Waals surface area contributed by atoms with E-state index in [1.54, 1.807) is 5.38 Å². The van der Waals surface area contributed by atoms with Crippen LogP contribution < -0.4 is 5.56 Å². The average molecular weight is 621 g/mol. The van der Waals surface area contributed by atoms with Gasteiger partial charge in [-0.15, -0.1) is 11.3 Å². The number of oxime groups is 1. The van der Waals surface area contributed by atoms with Crippen molar-refractivity contribution in [3.8, 4) is 0 Å². The van der Waals surface area contributed by atoms with Crippen molar-refractivity contribution in [2.24, 2.45) is 5.16 Å². The Bertz CT molecular complexity index is 1570. The molecule has 42 heavy (non-hydrogen) atoms. The number of aromatic nitrogens is 2. The van der Waals surface area contributed by atoms with Crippen LogP contribution in [0.5, 0.6) is 0 Å². The molecule has 2 aliphatic rings. The zero-order valence-corrected chi connectivity index (χ0v) is 22.1. The van der Waals surface area contributed by atoms with Gasteiger partial charge in [-0.1, -0.05) is 11.2 Å². The van der Waals surface area contributed by atoms with Crippen LogP contribution in [0.2, 0.25) is 0 Å². The molecule has 0 radical (unpaired) electrons. The summed E-state index contributed by atoms with van der Waals surface area (Å²) < 4.78 is 108. The van der Waals surface area contributed by atoms with Crippen LogP contribution in [0.4, 0.5) is 35.1 Å². The molecule has 1 aromatic carbocycles. The quantitative estimate of drug-likeness (QED) is 0.334. The summed E-state index contributed by atoms with van der Waals surface area (Å²) in [7, 11) is 0. The number of carbonyl (C=O) groups excluding carboxylic acids is 1. The van der Waals surface area contributed by atoms with Gasteiger partial charge in [-0.05, 0) is 37.1 Å². The minimum Gasteiger partial charge on any atom is -0.387 e. The van der Waals surface area contributed by atoms with Crippen molar-refractivity contribution in [2.75, 3.05) is 13.1 Å². The Kier molecular flexibility index (Phi) is 7.85. The molecule has 224 valence electrons. The monoisotopic (exact) mass is 620 g/mol. The Morgan fingerprint density at radius 1 is 1.00 bits per heavy atom. The number of amides is 1. The van der Waals surface area contributed by atoms with Gasteiger partial charge in [0.2, 0.25) is 5.91 Å². The largest absolute Gasteiger partial charge is 0.431 e. The number of rotatable bonds is 5. The van der Waals surface area contributed by atoms with Crippen LogP contribution in [0.25, 0.3) is 0 Å².